The summed E-state index contributed by atoms with van der Waals surface area (Å²) in [5, 5.41) is 11.3. The second-order valence-corrected chi connectivity index (χ2v) is 5.59. The van der Waals surface area contributed by atoms with Crippen LogP contribution in [-0.2, 0) is 14.4 Å². The average Bonchev–Trinajstić information content (AvgIpc) is 2.55. The maximum atomic E-state index is 12.3. The highest BCUT2D eigenvalue weighted by Gasteiger charge is 2.21. The van der Waals surface area contributed by atoms with Crippen LogP contribution in [-0.4, -0.2) is 41.8 Å². The van der Waals surface area contributed by atoms with Crippen LogP contribution in [0.15, 0.2) is 18.2 Å². The van der Waals surface area contributed by atoms with Gasteiger partial charge in [0.15, 0.2) is 5.78 Å². The van der Waals surface area contributed by atoms with E-state index in [-0.39, 0.29) is 31.5 Å². The molecule has 1 aromatic carbocycles. The minimum atomic E-state index is -1.26. The Morgan fingerprint density at radius 3 is 2.44 bits per heavy atom. The van der Waals surface area contributed by atoms with Gasteiger partial charge in [-0.3, -0.25) is 14.4 Å². The lowest BCUT2D eigenvalue weighted by molar-refractivity contribution is -0.142. The van der Waals surface area contributed by atoms with Crippen molar-refractivity contribution >= 4 is 23.6 Å². The van der Waals surface area contributed by atoms with Crippen LogP contribution in [0.3, 0.4) is 0 Å². The Hall–Kier alpha value is -2.90. The van der Waals surface area contributed by atoms with Crippen molar-refractivity contribution < 1.29 is 29.0 Å². The van der Waals surface area contributed by atoms with E-state index in [4.69, 9.17) is 15.6 Å². The highest BCUT2D eigenvalue weighted by atomic mass is 16.5. The number of nitrogens with two attached hydrogens (primary N) is 1. The van der Waals surface area contributed by atoms with Crippen molar-refractivity contribution in [2.75, 3.05) is 7.11 Å². The second kappa shape index (κ2) is 9.41. The summed E-state index contributed by atoms with van der Waals surface area (Å²) in [4.78, 5) is 46.0. The number of rotatable bonds is 10. The van der Waals surface area contributed by atoms with Crippen LogP contribution in [0, 0.1) is 6.92 Å². The SMILES string of the molecule is COc1ccc(C)cc1C(=O)CCC(=O)NC(CCC(N)=O)C(=O)O. The lowest BCUT2D eigenvalue weighted by Crippen LogP contribution is -2.41. The zero-order valence-electron chi connectivity index (χ0n) is 14.2. The number of Topliss-reactive ketones (excluding diaryl/α,β-unsaturated/α-hetero) is 1. The zero-order valence-corrected chi connectivity index (χ0v) is 14.2. The smallest absolute Gasteiger partial charge is 0.326 e. The molecule has 1 atom stereocenters. The molecule has 1 rings (SSSR count). The number of hydrogen-bond acceptors (Lipinski definition) is 5. The standard InChI is InChI=1S/C17H22N2O6/c1-10-3-6-14(25-2)11(9-10)13(20)5-8-16(22)19-12(17(23)24)4-7-15(18)21/h3,6,9,12H,4-5,7-8H2,1-2H3,(H2,18,21)(H,19,22)(H,23,24). The molecule has 0 saturated heterocycles. The largest absolute Gasteiger partial charge is 0.496 e. The van der Waals surface area contributed by atoms with Crippen molar-refractivity contribution in [3.05, 3.63) is 29.3 Å². The van der Waals surface area contributed by atoms with E-state index in [2.05, 4.69) is 5.32 Å². The van der Waals surface area contributed by atoms with E-state index in [1.165, 1.54) is 7.11 Å². The number of carboxylic acids is 1. The molecule has 0 aliphatic rings. The molecule has 0 aliphatic heterocycles. The van der Waals surface area contributed by atoms with Gasteiger partial charge in [0.05, 0.1) is 12.7 Å². The molecule has 25 heavy (non-hydrogen) atoms. The van der Waals surface area contributed by atoms with Crippen molar-refractivity contribution in [1.29, 1.82) is 0 Å². The highest BCUT2D eigenvalue weighted by Crippen LogP contribution is 2.21. The van der Waals surface area contributed by atoms with Gasteiger partial charge >= 0.3 is 5.97 Å². The van der Waals surface area contributed by atoms with Crippen LogP contribution in [0.2, 0.25) is 0 Å². The quantitative estimate of drug-likeness (QED) is 0.534. The summed E-state index contributed by atoms with van der Waals surface area (Å²) >= 11 is 0. The maximum absolute atomic E-state index is 12.3. The Labute approximate surface area is 145 Å². The first-order valence-corrected chi connectivity index (χ1v) is 7.73. The molecule has 0 saturated carbocycles. The van der Waals surface area contributed by atoms with Crippen LogP contribution in [0.25, 0.3) is 0 Å². The molecule has 4 N–H and O–H groups in total. The monoisotopic (exact) mass is 350 g/mol. The minimum absolute atomic E-state index is 0.0895. The molecule has 0 aromatic heterocycles. The molecular weight excluding hydrogens is 328 g/mol. The molecule has 0 radical (unpaired) electrons. The number of amides is 2. The summed E-state index contributed by atoms with van der Waals surface area (Å²) < 4.78 is 5.14. The fraction of sp³-hybridized carbons (Fsp3) is 0.412. The van der Waals surface area contributed by atoms with Crippen LogP contribution < -0.4 is 15.8 Å². The molecule has 0 aliphatic carbocycles. The molecule has 8 nitrogen and oxygen atoms in total. The molecule has 1 aromatic rings. The van der Waals surface area contributed by atoms with Gasteiger partial charge in [0.25, 0.3) is 0 Å². The number of carbonyl (C=O) groups is 4. The molecule has 2 amide bonds. The van der Waals surface area contributed by atoms with Gasteiger partial charge in [-0.25, -0.2) is 4.79 Å². The summed E-state index contributed by atoms with van der Waals surface area (Å²) in [6.45, 7) is 1.83. The van der Waals surface area contributed by atoms with Gasteiger partial charge in [-0.1, -0.05) is 11.6 Å². The summed E-state index contributed by atoms with van der Waals surface area (Å²) in [5.74, 6) is -2.36. The first kappa shape index (κ1) is 20.1. The molecular formula is C17H22N2O6. The Morgan fingerprint density at radius 2 is 1.88 bits per heavy atom. The normalized spacial score (nSPS) is 11.4. The van der Waals surface area contributed by atoms with Crippen molar-refractivity contribution in [1.82, 2.24) is 5.32 Å². The molecule has 0 spiro atoms. The Balaban J connectivity index is 2.63. The Morgan fingerprint density at radius 1 is 1.20 bits per heavy atom. The Kier molecular flexibility index (Phi) is 7.58. The fourth-order valence-electron chi connectivity index (χ4n) is 2.21. The number of hydrogen-bond donors (Lipinski definition) is 3. The lowest BCUT2D eigenvalue weighted by atomic mass is 10.0. The van der Waals surface area contributed by atoms with Gasteiger partial charge in [0.2, 0.25) is 11.8 Å². The number of benzene rings is 1. The summed E-state index contributed by atoms with van der Waals surface area (Å²) in [6, 6.07) is 3.93. The molecule has 0 fully saturated rings. The Bertz CT molecular complexity index is 671. The summed E-state index contributed by atoms with van der Waals surface area (Å²) in [6.07, 6.45) is -0.517. The number of methoxy groups -OCH3 is 1. The van der Waals surface area contributed by atoms with Crippen LogP contribution >= 0.6 is 0 Å². The first-order valence-electron chi connectivity index (χ1n) is 7.73. The predicted molar refractivity (Wildman–Crippen MR) is 89.3 cm³/mol. The van der Waals surface area contributed by atoms with E-state index in [0.717, 1.165) is 5.56 Å². The molecule has 1 unspecified atom stereocenters. The van der Waals surface area contributed by atoms with Crippen molar-refractivity contribution in [3.8, 4) is 5.75 Å². The van der Waals surface area contributed by atoms with E-state index in [1.807, 2.05) is 6.92 Å². The van der Waals surface area contributed by atoms with Crippen molar-refractivity contribution in [2.24, 2.45) is 5.73 Å². The first-order chi connectivity index (χ1) is 11.7. The maximum Gasteiger partial charge on any atom is 0.326 e. The number of aryl methyl sites for hydroxylation is 1. The number of aliphatic carboxylic acids is 1. The lowest BCUT2D eigenvalue weighted by Gasteiger charge is -2.14. The third-order valence-corrected chi connectivity index (χ3v) is 3.55. The van der Waals surface area contributed by atoms with Gasteiger partial charge in [-0.2, -0.15) is 0 Å². The number of nitrogens with one attached hydrogen (secondary N) is 1. The van der Waals surface area contributed by atoms with Crippen LogP contribution in [0.4, 0.5) is 0 Å². The number of primary amides is 1. The third kappa shape index (κ3) is 6.62. The van der Waals surface area contributed by atoms with Gasteiger partial charge in [-0.05, 0) is 25.5 Å². The molecule has 136 valence electrons. The number of carbonyl (C=O) groups excluding carboxylic acids is 3. The third-order valence-electron chi connectivity index (χ3n) is 3.55. The van der Waals surface area contributed by atoms with E-state index < -0.39 is 23.8 Å². The second-order valence-electron chi connectivity index (χ2n) is 5.59. The summed E-state index contributed by atoms with van der Waals surface area (Å²) in [7, 11) is 1.45. The van der Waals surface area contributed by atoms with Gasteiger partial charge in [0.1, 0.15) is 11.8 Å². The number of ketones is 1. The van der Waals surface area contributed by atoms with E-state index >= 15 is 0 Å². The van der Waals surface area contributed by atoms with Gasteiger partial charge in [0, 0.05) is 19.3 Å². The number of carboxylic acid groups (broad SMARTS) is 1. The van der Waals surface area contributed by atoms with Crippen molar-refractivity contribution in [3.63, 3.8) is 0 Å². The predicted octanol–water partition coefficient (Wildman–Crippen LogP) is 0.801. The fourth-order valence-corrected chi connectivity index (χ4v) is 2.21. The van der Waals surface area contributed by atoms with Gasteiger partial charge < -0.3 is 20.9 Å². The van der Waals surface area contributed by atoms with E-state index in [0.29, 0.717) is 11.3 Å². The van der Waals surface area contributed by atoms with Gasteiger partial charge in [-0.15, -0.1) is 0 Å². The zero-order chi connectivity index (χ0) is 19.0. The van der Waals surface area contributed by atoms with E-state index in [9.17, 15) is 19.2 Å². The van der Waals surface area contributed by atoms with Crippen LogP contribution in [0.5, 0.6) is 5.75 Å². The number of ether oxygens (including phenoxy) is 1. The average molecular weight is 350 g/mol. The molecule has 8 heteroatoms. The highest BCUT2D eigenvalue weighted by molar-refractivity contribution is 6.00. The topological polar surface area (TPSA) is 136 Å². The molecule has 0 bridgehead atoms. The van der Waals surface area contributed by atoms with Crippen molar-refractivity contribution in [2.45, 2.75) is 38.6 Å². The minimum Gasteiger partial charge on any atom is -0.496 e. The van der Waals surface area contributed by atoms with E-state index in [1.54, 1.807) is 18.2 Å². The van der Waals surface area contributed by atoms with Crippen LogP contribution in [0.1, 0.15) is 41.6 Å². The molecule has 0 heterocycles. The summed E-state index contributed by atoms with van der Waals surface area (Å²) in [5.41, 5.74) is 6.23.